The normalized spacial score (nSPS) is 14.7. The van der Waals surface area contributed by atoms with Gasteiger partial charge < -0.3 is 5.32 Å². The summed E-state index contributed by atoms with van der Waals surface area (Å²) in [7, 11) is -0.199. The number of fused-ring (bicyclic) bond motifs is 1. The highest BCUT2D eigenvalue weighted by Gasteiger charge is 2.23. The maximum absolute atomic E-state index is 11.9. The lowest BCUT2D eigenvalue weighted by Crippen LogP contribution is -2.34. The first kappa shape index (κ1) is 14.0. The summed E-state index contributed by atoms with van der Waals surface area (Å²) in [6.07, 6.45) is 3.95. The fraction of sp³-hybridized carbons (Fsp3) is 0.636. The van der Waals surface area contributed by atoms with Crippen LogP contribution in [0.1, 0.15) is 17.7 Å². The number of nitrogens with one attached hydrogen (secondary N) is 1. The maximum atomic E-state index is 11.9. The number of sulfonamides is 1. The second kappa shape index (κ2) is 4.93. The van der Waals surface area contributed by atoms with Crippen LogP contribution in [-0.2, 0) is 34.7 Å². The number of hydrogen-bond acceptors (Lipinski definition) is 4. The topological polar surface area (TPSA) is 84.3 Å². The number of amides is 1. The molecule has 1 aliphatic carbocycles. The monoisotopic (exact) mass is 286 g/mol. The Morgan fingerprint density at radius 1 is 1.47 bits per heavy atom. The van der Waals surface area contributed by atoms with Gasteiger partial charge in [0.25, 0.3) is 0 Å². The Balaban J connectivity index is 2.08. The van der Waals surface area contributed by atoms with Crippen LogP contribution >= 0.6 is 0 Å². The maximum Gasteiger partial charge on any atom is 0.240 e. The Morgan fingerprint density at radius 3 is 2.79 bits per heavy atom. The molecular formula is C11H18N4O3S. The molecule has 0 spiro atoms. The second-order valence-corrected chi connectivity index (χ2v) is 6.91. The molecule has 1 aromatic rings. The van der Waals surface area contributed by atoms with Gasteiger partial charge in [0.15, 0.2) is 0 Å². The summed E-state index contributed by atoms with van der Waals surface area (Å²) in [5.74, 6) is 0.324. The van der Waals surface area contributed by atoms with E-state index in [1.807, 2.05) is 0 Å². The third-order valence-electron chi connectivity index (χ3n) is 3.26. The summed E-state index contributed by atoms with van der Waals surface area (Å²) < 4.78 is 25.2. The van der Waals surface area contributed by atoms with Crippen molar-refractivity contribution in [3.05, 3.63) is 11.3 Å². The number of aryl methyl sites for hydroxylation is 2. The molecule has 0 aliphatic heterocycles. The fourth-order valence-electron chi connectivity index (χ4n) is 2.17. The van der Waals surface area contributed by atoms with Crippen molar-refractivity contribution in [1.29, 1.82) is 0 Å². The van der Waals surface area contributed by atoms with Crippen LogP contribution in [0.5, 0.6) is 0 Å². The number of likely N-dealkylation sites (N-methyl/N-ethyl adjacent to an activating group) is 1. The van der Waals surface area contributed by atoms with Crippen LogP contribution in [0.3, 0.4) is 0 Å². The molecule has 0 radical (unpaired) electrons. The molecule has 7 nitrogen and oxygen atoms in total. The van der Waals surface area contributed by atoms with Crippen molar-refractivity contribution < 1.29 is 13.2 Å². The van der Waals surface area contributed by atoms with E-state index < -0.39 is 10.0 Å². The largest absolute Gasteiger partial charge is 0.310 e. The number of carbonyl (C=O) groups excluding carboxylic acids is 1. The summed E-state index contributed by atoms with van der Waals surface area (Å²) in [6.45, 7) is -0.196. The summed E-state index contributed by atoms with van der Waals surface area (Å²) in [5.41, 5.74) is 2.09. The Morgan fingerprint density at radius 2 is 2.16 bits per heavy atom. The van der Waals surface area contributed by atoms with E-state index in [1.54, 1.807) is 11.7 Å². The van der Waals surface area contributed by atoms with Crippen LogP contribution in [0.2, 0.25) is 0 Å². The molecule has 1 N–H and O–H groups in total. The third kappa shape index (κ3) is 2.95. The van der Waals surface area contributed by atoms with E-state index in [0.29, 0.717) is 5.82 Å². The Kier molecular flexibility index (Phi) is 3.64. The lowest BCUT2D eigenvalue weighted by molar-refractivity contribution is -0.116. The predicted octanol–water partition coefficient (Wildman–Crippen LogP) is -0.261. The van der Waals surface area contributed by atoms with Crippen molar-refractivity contribution in [3.63, 3.8) is 0 Å². The molecule has 0 atom stereocenters. The van der Waals surface area contributed by atoms with Gasteiger partial charge >= 0.3 is 0 Å². The van der Waals surface area contributed by atoms with Gasteiger partial charge in [0, 0.05) is 19.7 Å². The zero-order chi connectivity index (χ0) is 14.2. The molecule has 1 heterocycles. The fourth-order valence-corrected chi connectivity index (χ4v) is 2.52. The average Bonchev–Trinajstić information content (AvgIpc) is 2.81. The first-order valence-corrected chi connectivity index (χ1v) is 7.90. The van der Waals surface area contributed by atoms with Crippen molar-refractivity contribution in [2.75, 3.05) is 25.2 Å². The van der Waals surface area contributed by atoms with Gasteiger partial charge in [0.1, 0.15) is 5.82 Å². The number of hydrogen-bond donors (Lipinski definition) is 1. The molecule has 2 rings (SSSR count). The van der Waals surface area contributed by atoms with Crippen molar-refractivity contribution >= 4 is 21.7 Å². The molecule has 0 saturated carbocycles. The zero-order valence-electron chi connectivity index (χ0n) is 11.3. The van der Waals surface area contributed by atoms with Crippen LogP contribution < -0.4 is 5.32 Å². The zero-order valence-corrected chi connectivity index (χ0v) is 12.1. The van der Waals surface area contributed by atoms with E-state index in [0.717, 1.165) is 41.1 Å². The molecule has 0 fully saturated rings. The van der Waals surface area contributed by atoms with Crippen LogP contribution in [0, 0.1) is 0 Å². The van der Waals surface area contributed by atoms with Crippen LogP contribution in [-0.4, -0.2) is 48.3 Å². The molecule has 1 aromatic heterocycles. The van der Waals surface area contributed by atoms with Gasteiger partial charge in [-0.05, 0) is 19.3 Å². The van der Waals surface area contributed by atoms with Gasteiger partial charge in [0.05, 0.1) is 18.5 Å². The van der Waals surface area contributed by atoms with Crippen molar-refractivity contribution in [2.45, 2.75) is 19.3 Å². The van der Waals surface area contributed by atoms with E-state index in [2.05, 4.69) is 10.4 Å². The summed E-state index contributed by atoms with van der Waals surface area (Å²) in [4.78, 5) is 11.9. The molecule has 8 heteroatoms. The molecule has 1 amide bonds. The molecular weight excluding hydrogens is 268 g/mol. The summed E-state index contributed by atoms with van der Waals surface area (Å²) in [6, 6.07) is 0. The first-order valence-electron chi connectivity index (χ1n) is 6.05. The van der Waals surface area contributed by atoms with E-state index in [4.69, 9.17) is 0 Å². The van der Waals surface area contributed by atoms with Gasteiger partial charge in [-0.1, -0.05) is 0 Å². The second-order valence-electron chi connectivity index (χ2n) is 4.82. The van der Waals surface area contributed by atoms with Crippen LogP contribution in [0.15, 0.2) is 0 Å². The molecule has 1 aliphatic rings. The number of aromatic nitrogens is 2. The molecule has 106 valence electrons. The van der Waals surface area contributed by atoms with E-state index >= 15 is 0 Å². The van der Waals surface area contributed by atoms with Crippen LogP contribution in [0.4, 0.5) is 5.82 Å². The Bertz CT molecular complexity index is 606. The summed E-state index contributed by atoms with van der Waals surface area (Å²) in [5, 5.41) is 7.09. The van der Waals surface area contributed by atoms with E-state index in [9.17, 15) is 13.2 Å². The first-order chi connectivity index (χ1) is 8.79. The van der Waals surface area contributed by atoms with E-state index in [1.165, 1.54) is 7.05 Å². The van der Waals surface area contributed by atoms with Gasteiger partial charge in [-0.2, -0.15) is 9.40 Å². The molecule has 0 aromatic carbocycles. The highest BCUT2D eigenvalue weighted by Crippen LogP contribution is 2.27. The number of nitrogens with zero attached hydrogens (tertiary/aromatic N) is 3. The highest BCUT2D eigenvalue weighted by atomic mass is 32.2. The molecule has 19 heavy (non-hydrogen) atoms. The van der Waals surface area contributed by atoms with Crippen LogP contribution in [0.25, 0.3) is 0 Å². The third-order valence-corrected chi connectivity index (χ3v) is 4.52. The minimum Gasteiger partial charge on any atom is -0.310 e. The molecule has 0 bridgehead atoms. The van der Waals surface area contributed by atoms with Crippen molar-refractivity contribution in [1.82, 2.24) is 14.1 Å². The quantitative estimate of drug-likeness (QED) is 0.826. The standard InChI is InChI=1S/C11H18N4O3S/c1-14(19(3,17)18)7-10(16)12-11-8-5-4-6-9(8)13-15(11)2/h4-7H2,1-3H3,(H,12,16). The average molecular weight is 286 g/mol. The van der Waals surface area contributed by atoms with Gasteiger partial charge in [0.2, 0.25) is 15.9 Å². The molecule has 0 unspecified atom stereocenters. The minimum atomic E-state index is -3.35. The number of rotatable bonds is 4. The summed E-state index contributed by atoms with van der Waals surface area (Å²) >= 11 is 0. The SMILES string of the molecule is CN(CC(=O)Nc1c2c(nn1C)CCC2)S(C)(=O)=O. The Hall–Kier alpha value is -1.41. The smallest absolute Gasteiger partial charge is 0.240 e. The van der Waals surface area contributed by atoms with E-state index in [-0.39, 0.29) is 12.5 Å². The number of anilines is 1. The van der Waals surface area contributed by atoms with Gasteiger partial charge in [-0.15, -0.1) is 0 Å². The Labute approximate surface area is 112 Å². The molecule has 0 saturated heterocycles. The minimum absolute atomic E-state index is 0.196. The van der Waals surface area contributed by atoms with Crippen molar-refractivity contribution in [2.24, 2.45) is 7.05 Å². The lowest BCUT2D eigenvalue weighted by Gasteiger charge is -2.14. The van der Waals surface area contributed by atoms with Crippen molar-refractivity contribution in [3.8, 4) is 0 Å². The highest BCUT2D eigenvalue weighted by molar-refractivity contribution is 7.88. The lowest BCUT2D eigenvalue weighted by atomic mass is 10.2. The van der Waals surface area contributed by atoms with Gasteiger partial charge in [-0.3, -0.25) is 9.48 Å². The number of carbonyl (C=O) groups is 1. The van der Waals surface area contributed by atoms with Gasteiger partial charge in [-0.25, -0.2) is 8.42 Å². The predicted molar refractivity (Wildman–Crippen MR) is 71.3 cm³/mol.